The first-order chi connectivity index (χ1) is 9.98. The zero-order chi connectivity index (χ0) is 15.0. The molecule has 21 heavy (non-hydrogen) atoms. The van der Waals surface area contributed by atoms with Crippen LogP contribution in [0.5, 0.6) is 0 Å². The highest BCUT2D eigenvalue weighted by atomic mass is 79.9. The van der Waals surface area contributed by atoms with Gasteiger partial charge in [-0.25, -0.2) is 4.39 Å². The highest BCUT2D eigenvalue weighted by Crippen LogP contribution is 2.37. The van der Waals surface area contributed by atoms with Crippen LogP contribution in [-0.2, 0) is 5.54 Å². The minimum absolute atomic E-state index is 0.291. The third-order valence-corrected chi connectivity index (χ3v) is 4.75. The molecule has 0 bridgehead atoms. The lowest BCUT2D eigenvalue weighted by atomic mass is 9.76. The normalized spacial score (nSPS) is 26.0. The van der Waals surface area contributed by atoms with Gasteiger partial charge in [0.15, 0.2) is 5.82 Å². The van der Waals surface area contributed by atoms with Crippen LogP contribution >= 0.6 is 15.9 Å². The first-order valence-electron chi connectivity index (χ1n) is 7.06. The molecule has 0 aliphatic heterocycles. The standard InChI is InChI=1S/C15H17BrFN3O/c1-9-3-2-6-15(18,8-9)14-19-13(21-20-14)11-7-10(17)4-5-12(11)16/h4-5,7,9H,2-3,6,8,18H2,1H3. The van der Waals surface area contributed by atoms with Gasteiger partial charge in [-0.15, -0.1) is 0 Å². The lowest BCUT2D eigenvalue weighted by molar-refractivity contribution is 0.222. The van der Waals surface area contributed by atoms with Crippen molar-refractivity contribution < 1.29 is 8.91 Å². The van der Waals surface area contributed by atoms with Gasteiger partial charge in [-0.05, 0) is 52.9 Å². The van der Waals surface area contributed by atoms with Gasteiger partial charge < -0.3 is 10.3 Å². The summed E-state index contributed by atoms with van der Waals surface area (Å²) in [6.45, 7) is 2.19. The number of hydrogen-bond acceptors (Lipinski definition) is 4. The van der Waals surface area contributed by atoms with E-state index >= 15 is 0 Å². The number of nitrogens with two attached hydrogens (primary N) is 1. The Kier molecular flexibility index (Phi) is 3.84. The van der Waals surface area contributed by atoms with Gasteiger partial charge in [0.25, 0.3) is 5.89 Å². The fraction of sp³-hybridized carbons (Fsp3) is 0.467. The van der Waals surface area contributed by atoms with Crippen LogP contribution in [0.4, 0.5) is 4.39 Å². The van der Waals surface area contributed by atoms with Gasteiger partial charge in [0, 0.05) is 4.47 Å². The maximum atomic E-state index is 13.4. The Balaban J connectivity index is 1.94. The molecule has 1 saturated carbocycles. The Hall–Kier alpha value is -1.27. The molecule has 1 aromatic heterocycles. The van der Waals surface area contributed by atoms with Gasteiger partial charge in [-0.3, -0.25) is 0 Å². The number of rotatable bonds is 2. The predicted molar refractivity (Wildman–Crippen MR) is 80.9 cm³/mol. The smallest absolute Gasteiger partial charge is 0.259 e. The van der Waals surface area contributed by atoms with E-state index in [0.29, 0.717) is 27.7 Å². The molecule has 0 spiro atoms. The van der Waals surface area contributed by atoms with Crippen LogP contribution in [0, 0.1) is 11.7 Å². The summed E-state index contributed by atoms with van der Waals surface area (Å²) in [5.74, 6) is 1.01. The number of nitrogens with zero attached hydrogens (tertiary/aromatic N) is 2. The summed E-state index contributed by atoms with van der Waals surface area (Å²) in [5, 5.41) is 4.04. The second kappa shape index (κ2) is 5.50. The Morgan fingerprint density at radius 3 is 3.05 bits per heavy atom. The van der Waals surface area contributed by atoms with Gasteiger partial charge in [-0.1, -0.05) is 24.9 Å². The minimum atomic E-state index is -0.542. The molecule has 2 atom stereocenters. The van der Waals surface area contributed by atoms with Crippen LogP contribution in [0.1, 0.15) is 38.4 Å². The molecule has 112 valence electrons. The molecule has 2 N–H and O–H groups in total. The van der Waals surface area contributed by atoms with Gasteiger partial charge in [0.2, 0.25) is 0 Å². The molecule has 1 fully saturated rings. The number of halogens is 2. The van der Waals surface area contributed by atoms with Gasteiger partial charge in [-0.2, -0.15) is 4.98 Å². The topological polar surface area (TPSA) is 64.9 Å². The first kappa shape index (κ1) is 14.7. The zero-order valence-electron chi connectivity index (χ0n) is 11.8. The molecule has 3 rings (SSSR count). The van der Waals surface area contributed by atoms with E-state index in [0.717, 1.165) is 19.3 Å². The van der Waals surface area contributed by atoms with E-state index in [1.807, 2.05) is 0 Å². The van der Waals surface area contributed by atoms with E-state index in [4.69, 9.17) is 10.3 Å². The van der Waals surface area contributed by atoms with Crippen LogP contribution in [0.15, 0.2) is 27.2 Å². The monoisotopic (exact) mass is 353 g/mol. The summed E-state index contributed by atoms with van der Waals surface area (Å²) in [7, 11) is 0. The number of benzene rings is 1. The third kappa shape index (κ3) is 2.87. The van der Waals surface area contributed by atoms with Crippen molar-refractivity contribution in [1.29, 1.82) is 0 Å². The molecule has 2 unspecified atom stereocenters. The Labute approximate surface area is 131 Å². The van der Waals surface area contributed by atoms with Gasteiger partial charge in [0.05, 0.1) is 11.1 Å². The second-order valence-corrected chi connectivity index (χ2v) is 6.76. The van der Waals surface area contributed by atoms with E-state index in [-0.39, 0.29) is 5.82 Å². The third-order valence-electron chi connectivity index (χ3n) is 4.06. The fourth-order valence-corrected chi connectivity index (χ4v) is 3.41. The molecule has 0 amide bonds. The molecule has 1 aromatic carbocycles. The minimum Gasteiger partial charge on any atom is -0.334 e. The van der Waals surface area contributed by atoms with E-state index in [9.17, 15) is 4.39 Å². The lowest BCUT2D eigenvalue weighted by Gasteiger charge is -2.33. The van der Waals surface area contributed by atoms with Crippen molar-refractivity contribution in [1.82, 2.24) is 10.1 Å². The molecule has 2 aromatic rings. The van der Waals surface area contributed by atoms with Crippen LogP contribution in [0.2, 0.25) is 0 Å². The zero-order valence-corrected chi connectivity index (χ0v) is 13.4. The second-order valence-electron chi connectivity index (χ2n) is 5.90. The van der Waals surface area contributed by atoms with Crippen molar-refractivity contribution in [2.75, 3.05) is 0 Å². The molecule has 6 heteroatoms. The van der Waals surface area contributed by atoms with Crippen molar-refractivity contribution >= 4 is 15.9 Å². The Morgan fingerprint density at radius 2 is 2.29 bits per heavy atom. The molecule has 4 nitrogen and oxygen atoms in total. The van der Waals surface area contributed by atoms with Crippen molar-refractivity contribution in [2.45, 2.75) is 38.1 Å². The first-order valence-corrected chi connectivity index (χ1v) is 7.86. The van der Waals surface area contributed by atoms with E-state index in [2.05, 4.69) is 33.0 Å². The largest absolute Gasteiger partial charge is 0.334 e. The number of hydrogen-bond donors (Lipinski definition) is 1. The van der Waals surface area contributed by atoms with Crippen molar-refractivity contribution in [2.24, 2.45) is 11.7 Å². The van der Waals surface area contributed by atoms with Crippen LogP contribution in [-0.4, -0.2) is 10.1 Å². The predicted octanol–water partition coefficient (Wildman–Crippen LogP) is 4.00. The maximum absolute atomic E-state index is 13.4. The lowest BCUT2D eigenvalue weighted by Crippen LogP contribution is -2.42. The molecule has 1 heterocycles. The van der Waals surface area contributed by atoms with Crippen LogP contribution < -0.4 is 5.73 Å². The average molecular weight is 354 g/mol. The number of aromatic nitrogens is 2. The molecule has 1 aliphatic carbocycles. The van der Waals surface area contributed by atoms with E-state index < -0.39 is 5.54 Å². The molecular formula is C15H17BrFN3O. The summed E-state index contributed by atoms with van der Waals surface area (Å²) in [5.41, 5.74) is 6.46. The van der Waals surface area contributed by atoms with Crippen molar-refractivity contribution in [3.63, 3.8) is 0 Å². The SMILES string of the molecule is CC1CCCC(N)(c2noc(-c3cc(F)ccc3Br)n2)C1. The van der Waals surface area contributed by atoms with Crippen molar-refractivity contribution in [3.8, 4) is 11.5 Å². The summed E-state index contributed by atoms with van der Waals surface area (Å²) in [4.78, 5) is 4.41. The maximum Gasteiger partial charge on any atom is 0.259 e. The molecule has 1 aliphatic rings. The Morgan fingerprint density at radius 1 is 1.48 bits per heavy atom. The quantitative estimate of drug-likeness (QED) is 0.885. The summed E-state index contributed by atoms with van der Waals surface area (Å²) < 4.78 is 19.4. The van der Waals surface area contributed by atoms with Gasteiger partial charge in [0.1, 0.15) is 5.82 Å². The van der Waals surface area contributed by atoms with Gasteiger partial charge >= 0.3 is 0 Å². The fourth-order valence-electron chi connectivity index (χ4n) is 2.99. The Bertz CT molecular complexity index is 660. The van der Waals surface area contributed by atoms with Crippen molar-refractivity contribution in [3.05, 3.63) is 34.3 Å². The summed E-state index contributed by atoms with van der Waals surface area (Å²) in [6.07, 6.45) is 3.93. The van der Waals surface area contributed by atoms with Crippen LogP contribution in [0.25, 0.3) is 11.5 Å². The average Bonchev–Trinajstić information content (AvgIpc) is 2.91. The highest BCUT2D eigenvalue weighted by Gasteiger charge is 2.37. The summed E-state index contributed by atoms with van der Waals surface area (Å²) in [6, 6.07) is 4.36. The molecule has 0 radical (unpaired) electrons. The molecule has 0 saturated heterocycles. The summed E-state index contributed by atoms with van der Waals surface area (Å²) >= 11 is 3.37. The van der Waals surface area contributed by atoms with E-state index in [1.165, 1.54) is 18.6 Å². The highest BCUT2D eigenvalue weighted by molar-refractivity contribution is 9.10. The molecular weight excluding hydrogens is 337 g/mol. The van der Waals surface area contributed by atoms with E-state index in [1.54, 1.807) is 6.07 Å². The van der Waals surface area contributed by atoms with Crippen LogP contribution in [0.3, 0.4) is 0 Å².